The van der Waals surface area contributed by atoms with E-state index in [2.05, 4.69) is 20.6 Å². The van der Waals surface area contributed by atoms with Crippen molar-refractivity contribution >= 4 is 23.7 Å². The molecular formula is C16H21N5O5. The highest BCUT2D eigenvalue weighted by molar-refractivity contribution is 5.95. The van der Waals surface area contributed by atoms with Crippen molar-refractivity contribution in [3.63, 3.8) is 0 Å². The van der Waals surface area contributed by atoms with E-state index in [1.165, 1.54) is 11.2 Å². The van der Waals surface area contributed by atoms with Crippen LogP contribution in [0.3, 0.4) is 0 Å². The average molecular weight is 363 g/mol. The minimum atomic E-state index is -1.05. The van der Waals surface area contributed by atoms with Gasteiger partial charge in [-0.05, 0) is 19.3 Å². The summed E-state index contributed by atoms with van der Waals surface area (Å²) < 4.78 is 0. The molecular weight excluding hydrogens is 342 g/mol. The lowest BCUT2D eigenvalue weighted by Crippen LogP contribution is -2.55. The van der Waals surface area contributed by atoms with Crippen molar-refractivity contribution < 1.29 is 24.3 Å². The molecule has 1 aromatic heterocycles. The lowest BCUT2D eigenvalue weighted by molar-refractivity contribution is -0.149. The molecule has 2 fully saturated rings. The van der Waals surface area contributed by atoms with Gasteiger partial charge < -0.3 is 25.6 Å². The quantitative estimate of drug-likeness (QED) is 0.499. The first-order chi connectivity index (χ1) is 12.5. The average Bonchev–Trinajstić information content (AvgIpc) is 3.34. The van der Waals surface area contributed by atoms with Gasteiger partial charge in [0.1, 0.15) is 18.1 Å². The lowest BCUT2D eigenvalue weighted by atomic mass is 10.1. The van der Waals surface area contributed by atoms with Crippen LogP contribution in [-0.4, -0.2) is 68.3 Å². The van der Waals surface area contributed by atoms with E-state index in [9.17, 15) is 24.3 Å². The molecule has 26 heavy (non-hydrogen) atoms. The lowest BCUT2D eigenvalue weighted by Gasteiger charge is -2.27. The highest BCUT2D eigenvalue weighted by Gasteiger charge is 2.39. The summed E-state index contributed by atoms with van der Waals surface area (Å²) >= 11 is 0. The first kappa shape index (κ1) is 17.9. The summed E-state index contributed by atoms with van der Waals surface area (Å²) in [4.78, 5) is 56.1. The minimum absolute atomic E-state index is 0.161. The summed E-state index contributed by atoms with van der Waals surface area (Å²) in [6.07, 6.45) is 4.81. The molecule has 2 aliphatic heterocycles. The van der Waals surface area contributed by atoms with E-state index in [-0.39, 0.29) is 18.7 Å². The highest BCUT2D eigenvalue weighted by Crippen LogP contribution is 2.19. The van der Waals surface area contributed by atoms with Crippen molar-refractivity contribution in [1.82, 2.24) is 25.5 Å². The number of aromatic amines is 1. The van der Waals surface area contributed by atoms with Crippen LogP contribution in [0, 0.1) is 0 Å². The topological polar surface area (TPSA) is 144 Å². The van der Waals surface area contributed by atoms with Gasteiger partial charge in [0.05, 0.1) is 6.33 Å². The number of carbonyl (C=O) groups is 4. The molecule has 0 aliphatic carbocycles. The molecule has 2 aliphatic rings. The number of carbonyl (C=O) groups excluding carboxylic acids is 3. The number of nitrogens with zero attached hydrogens (tertiary/aromatic N) is 2. The monoisotopic (exact) mass is 363 g/mol. The highest BCUT2D eigenvalue weighted by atomic mass is 16.4. The summed E-state index contributed by atoms with van der Waals surface area (Å²) in [5.41, 5.74) is 0.644. The second kappa shape index (κ2) is 7.54. The van der Waals surface area contributed by atoms with E-state index in [4.69, 9.17) is 0 Å². The maximum absolute atomic E-state index is 12.9. The summed E-state index contributed by atoms with van der Waals surface area (Å²) in [7, 11) is 0. The Bertz CT molecular complexity index is 704. The van der Waals surface area contributed by atoms with Crippen LogP contribution in [-0.2, 0) is 25.6 Å². The van der Waals surface area contributed by atoms with Gasteiger partial charge in [0.15, 0.2) is 0 Å². The maximum atomic E-state index is 12.9. The fraction of sp³-hybridized carbons (Fsp3) is 0.562. The molecule has 1 unspecified atom stereocenters. The zero-order valence-corrected chi connectivity index (χ0v) is 14.1. The number of imidazole rings is 1. The summed E-state index contributed by atoms with van der Waals surface area (Å²) in [6.45, 7) is 0.339. The third kappa shape index (κ3) is 3.84. The predicted molar refractivity (Wildman–Crippen MR) is 87.8 cm³/mol. The van der Waals surface area contributed by atoms with E-state index < -0.39 is 35.9 Å². The molecule has 10 heteroatoms. The number of carboxylic acid groups (broad SMARTS) is 1. The Morgan fingerprint density at radius 1 is 1.38 bits per heavy atom. The van der Waals surface area contributed by atoms with Gasteiger partial charge in [-0.3, -0.25) is 14.4 Å². The van der Waals surface area contributed by atoms with Crippen LogP contribution in [0.1, 0.15) is 31.4 Å². The number of aromatic nitrogens is 2. The Kier molecular flexibility index (Phi) is 5.19. The number of carboxylic acids is 1. The van der Waals surface area contributed by atoms with Crippen LogP contribution in [0.15, 0.2) is 12.5 Å². The molecule has 0 spiro atoms. The number of nitrogens with one attached hydrogen (secondary N) is 3. The Morgan fingerprint density at radius 3 is 2.81 bits per heavy atom. The molecule has 3 rings (SSSR count). The van der Waals surface area contributed by atoms with Crippen LogP contribution < -0.4 is 10.6 Å². The smallest absolute Gasteiger partial charge is 0.326 e. The van der Waals surface area contributed by atoms with Gasteiger partial charge in [0.25, 0.3) is 0 Å². The Balaban J connectivity index is 1.74. The fourth-order valence-electron chi connectivity index (χ4n) is 3.39. The number of hydrogen-bond acceptors (Lipinski definition) is 5. The molecule has 3 heterocycles. The van der Waals surface area contributed by atoms with E-state index in [0.717, 1.165) is 0 Å². The molecule has 2 saturated heterocycles. The molecule has 0 radical (unpaired) electrons. The molecule has 3 atom stereocenters. The van der Waals surface area contributed by atoms with Crippen molar-refractivity contribution in [2.45, 2.75) is 50.2 Å². The first-order valence-corrected chi connectivity index (χ1v) is 8.56. The number of rotatable bonds is 6. The molecule has 140 valence electrons. The van der Waals surface area contributed by atoms with Crippen molar-refractivity contribution in [3.8, 4) is 0 Å². The van der Waals surface area contributed by atoms with E-state index in [0.29, 0.717) is 31.5 Å². The molecule has 0 aromatic carbocycles. The number of H-pyrrole nitrogens is 1. The fourth-order valence-corrected chi connectivity index (χ4v) is 3.39. The van der Waals surface area contributed by atoms with Gasteiger partial charge >= 0.3 is 5.97 Å². The zero-order chi connectivity index (χ0) is 18.7. The minimum Gasteiger partial charge on any atom is -0.480 e. The van der Waals surface area contributed by atoms with Crippen LogP contribution in [0.4, 0.5) is 0 Å². The molecule has 0 saturated carbocycles. The largest absolute Gasteiger partial charge is 0.480 e. The van der Waals surface area contributed by atoms with Crippen LogP contribution in [0.2, 0.25) is 0 Å². The second-order valence-corrected chi connectivity index (χ2v) is 6.53. The number of aliphatic carboxylic acids is 1. The third-order valence-corrected chi connectivity index (χ3v) is 4.73. The van der Waals surface area contributed by atoms with Gasteiger partial charge in [-0.25, -0.2) is 9.78 Å². The standard InChI is InChI=1S/C16H21N5O5/c22-13-4-3-10(19-13)14(23)20-11(6-9-7-17-8-18-9)15(24)21-5-1-2-12(21)16(25)26/h7-8,10-12H,1-6H2,(H,17,18)(H,19,22)(H,20,23)(H,25,26)/t10?,11-,12+/m1/s1. The number of hydrogen-bond donors (Lipinski definition) is 4. The first-order valence-electron chi connectivity index (χ1n) is 8.56. The predicted octanol–water partition coefficient (Wildman–Crippen LogP) is -1.21. The normalized spacial score (nSPS) is 23.5. The van der Waals surface area contributed by atoms with Gasteiger partial charge in [-0.1, -0.05) is 0 Å². The van der Waals surface area contributed by atoms with Gasteiger partial charge in [0, 0.05) is 31.3 Å². The summed E-state index contributed by atoms with van der Waals surface area (Å²) in [6, 6.07) is -2.48. The van der Waals surface area contributed by atoms with E-state index in [1.807, 2.05) is 0 Å². The SMILES string of the molecule is O=C1CCC(C(=O)N[C@H](Cc2cnc[nH]2)C(=O)N2CCC[C@H]2C(=O)O)N1. The van der Waals surface area contributed by atoms with Crippen molar-refractivity contribution in [3.05, 3.63) is 18.2 Å². The van der Waals surface area contributed by atoms with Crippen molar-refractivity contribution in [2.75, 3.05) is 6.54 Å². The van der Waals surface area contributed by atoms with E-state index >= 15 is 0 Å². The van der Waals surface area contributed by atoms with Crippen LogP contribution >= 0.6 is 0 Å². The van der Waals surface area contributed by atoms with Gasteiger partial charge in [-0.2, -0.15) is 0 Å². The maximum Gasteiger partial charge on any atom is 0.326 e. The Morgan fingerprint density at radius 2 is 2.19 bits per heavy atom. The summed E-state index contributed by atoms with van der Waals surface area (Å²) in [5, 5.41) is 14.5. The zero-order valence-electron chi connectivity index (χ0n) is 14.1. The molecule has 10 nitrogen and oxygen atoms in total. The number of amides is 3. The Labute approximate surface area is 149 Å². The second-order valence-electron chi connectivity index (χ2n) is 6.53. The van der Waals surface area contributed by atoms with E-state index in [1.54, 1.807) is 6.20 Å². The summed E-state index contributed by atoms with van der Waals surface area (Å²) in [5.74, 6) is -2.14. The third-order valence-electron chi connectivity index (χ3n) is 4.73. The van der Waals surface area contributed by atoms with Crippen molar-refractivity contribution in [1.29, 1.82) is 0 Å². The molecule has 4 N–H and O–H groups in total. The van der Waals surface area contributed by atoms with Crippen molar-refractivity contribution in [2.24, 2.45) is 0 Å². The Hall–Kier alpha value is -2.91. The molecule has 0 bridgehead atoms. The number of likely N-dealkylation sites (tertiary alicyclic amines) is 1. The van der Waals surface area contributed by atoms with Gasteiger partial charge in [0.2, 0.25) is 17.7 Å². The molecule has 3 amide bonds. The van der Waals surface area contributed by atoms with Gasteiger partial charge in [-0.15, -0.1) is 0 Å². The van der Waals surface area contributed by atoms with Crippen LogP contribution in [0.5, 0.6) is 0 Å². The van der Waals surface area contributed by atoms with Crippen LogP contribution in [0.25, 0.3) is 0 Å². The molecule has 1 aromatic rings.